The molecule has 3 amide bonds. The molecule has 0 aromatic heterocycles. The van der Waals surface area contributed by atoms with Crippen molar-refractivity contribution in [3.05, 3.63) is 191 Å². The van der Waals surface area contributed by atoms with Crippen molar-refractivity contribution in [2.75, 3.05) is 13.2 Å². The Labute approximate surface area is 441 Å². The summed E-state index contributed by atoms with van der Waals surface area (Å²) in [6.45, 7) is 12.4. The maximum Gasteiger partial charge on any atom is 0.408 e. The largest absolute Gasteiger partial charge is 0.489 e. The van der Waals surface area contributed by atoms with Crippen LogP contribution in [0.5, 0.6) is 11.5 Å². The molecule has 0 fully saturated rings. The van der Waals surface area contributed by atoms with Crippen molar-refractivity contribution < 1.29 is 52.4 Å². The molecule has 75 heavy (non-hydrogen) atoms. The highest BCUT2D eigenvalue weighted by atomic mass is 28.3. The van der Waals surface area contributed by atoms with E-state index in [2.05, 4.69) is 35.6 Å². The quantitative estimate of drug-likeness (QED) is 0.0282. The Hall–Kier alpha value is -7.91. The highest BCUT2D eigenvalue weighted by molar-refractivity contribution is 6.76. The Bertz CT molecular complexity index is 2780. The van der Waals surface area contributed by atoms with Gasteiger partial charge in [0.25, 0.3) is 0 Å². The highest BCUT2D eigenvalue weighted by Gasteiger charge is 2.29. The van der Waals surface area contributed by atoms with Crippen LogP contribution in [-0.2, 0) is 72.6 Å². The Morgan fingerprint density at radius 3 is 1.43 bits per heavy atom. The fraction of sp³-hybridized carbons (Fsp3) is 0.317. The fourth-order valence-electron chi connectivity index (χ4n) is 7.57. The molecule has 6 aromatic carbocycles. The Balaban J connectivity index is 1.32. The van der Waals surface area contributed by atoms with Gasteiger partial charge in [-0.25, -0.2) is 14.4 Å². The summed E-state index contributed by atoms with van der Waals surface area (Å²) in [7, 11) is -1.59. The molecule has 15 heteroatoms. The van der Waals surface area contributed by atoms with Gasteiger partial charge in [-0.1, -0.05) is 153 Å². The van der Waals surface area contributed by atoms with Gasteiger partial charge in [-0.3, -0.25) is 9.59 Å². The van der Waals surface area contributed by atoms with Crippen molar-refractivity contribution in [3.63, 3.8) is 0 Å². The fourth-order valence-corrected chi connectivity index (χ4v) is 8.28. The first-order valence-corrected chi connectivity index (χ1v) is 28.9. The van der Waals surface area contributed by atoms with E-state index in [1.165, 1.54) is 0 Å². The molecular weight excluding hydrogens is 967 g/mol. The Morgan fingerprint density at radius 1 is 0.520 bits per heavy atom. The second kappa shape index (κ2) is 27.9. The van der Waals surface area contributed by atoms with E-state index in [0.717, 1.165) is 28.3 Å². The molecule has 3 N–H and O–H groups in total. The topological polar surface area (TPSA) is 177 Å². The second-order valence-electron chi connectivity index (χ2n) is 20.2. The first-order chi connectivity index (χ1) is 36.0. The van der Waals surface area contributed by atoms with Gasteiger partial charge < -0.3 is 44.4 Å². The molecule has 6 rings (SSSR count). The number of ether oxygens (including phenoxy) is 6. The molecule has 0 bridgehead atoms. The molecule has 0 unspecified atom stereocenters. The van der Waals surface area contributed by atoms with Crippen molar-refractivity contribution in [1.29, 1.82) is 0 Å². The SMILES string of the molecule is CC(C)(C)OC(=O)N[C@@H](Cc1cc(-c2ccc(OCc3ccccc3)c(C[C@H](NC(=O)OCc3ccccc3)C(=O)OCC[Si](C)(C)C)c2)ccc1OCc1ccccc1)C(=O)NCCC(=O)OCc1ccccc1. The van der Waals surface area contributed by atoms with E-state index >= 15 is 0 Å². The van der Waals surface area contributed by atoms with E-state index < -0.39 is 55.8 Å². The lowest BCUT2D eigenvalue weighted by Gasteiger charge is -2.24. The number of benzene rings is 6. The molecule has 0 radical (unpaired) electrons. The van der Waals surface area contributed by atoms with Gasteiger partial charge in [-0.2, -0.15) is 0 Å². The molecule has 2 atom stereocenters. The molecule has 394 valence electrons. The lowest BCUT2D eigenvalue weighted by atomic mass is 9.95. The molecule has 0 aliphatic rings. The number of carbonyl (C=O) groups is 5. The summed E-state index contributed by atoms with van der Waals surface area (Å²) in [5.41, 5.74) is 5.16. The molecule has 6 aromatic rings. The van der Waals surface area contributed by atoms with Crippen molar-refractivity contribution in [2.45, 2.75) is 110 Å². The zero-order valence-corrected chi connectivity index (χ0v) is 44.7. The number of hydrogen-bond acceptors (Lipinski definition) is 11. The average molecular weight is 1040 g/mol. The van der Waals surface area contributed by atoms with Gasteiger partial charge >= 0.3 is 24.1 Å². The Morgan fingerprint density at radius 2 is 0.960 bits per heavy atom. The van der Waals surface area contributed by atoms with Gasteiger partial charge in [-0.05, 0) is 95.6 Å². The van der Waals surface area contributed by atoms with E-state index in [1.54, 1.807) is 26.8 Å². The summed E-state index contributed by atoms with van der Waals surface area (Å²) in [5, 5.41) is 8.33. The number of nitrogens with one attached hydrogen (secondary N) is 3. The van der Waals surface area contributed by atoms with Gasteiger partial charge in [0.05, 0.1) is 13.0 Å². The molecule has 0 spiro atoms. The lowest BCUT2D eigenvalue weighted by Crippen LogP contribution is -2.49. The number of carbonyl (C=O) groups excluding carboxylic acids is 5. The number of hydrogen-bond donors (Lipinski definition) is 3. The van der Waals surface area contributed by atoms with Crippen LogP contribution in [0.1, 0.15) is 60.6 Å². The lowest BCUT2D eigenvalue weighted by molar-refractivity contribution is -0.146. The average Bonchev–Trinajstić information content (AvgIpc) is 3.38. The van der Waals surface area contributed by atoms with E-state index in [4.69, 9.17) is 28.4 Å². The van der Waals surface area contributed by atoms with Crippen LogP contribution in [0.15, 0.2) is 158 Å². The van der Waals surface area contributed by atoms with Crippen LogP contribution in [0.2, 0.25) is 25.7 Å². The van der Waals surface area contributed by atoms with Crippen molar-refractivity contribution in [2.24, 2.45) is 0 Å². The van der Waals surface area contributed by atoms with Crippen molar-refractivity contribution in [3.8, 4) is 22.6 Å². The third-order valence-electron chi connectivity index (χ3n) is 11.5. The predicted molar refractivity (Wildman–Crippen MR) is 291 cm³/mol. The molecule has 0 saturated heterocycles. The summed E-state index contributed by atoms with van der Waals surface area (Å²) in [4.78, 5) is 67.6. The Kier molecular flexibility index (Phi) is 21.0. The van der Waals surface area contributed by atoms with Crippen molar-refractivity contribution in [1.82, 2.24) is 16.0 Å². The molecule has 0 saturated carbocycles. The summed E-state index contributed by atoms with van der Waals surface area (Å²) in [6.07, 6.45) is -1.77. The highest BCUT2D eigenvalue weighted by Crippen LogP contribution is 2.33. The van der Waals surface area contributed by atoms with Crippen LogP contribution in [0.4, 0.5) is 9.59 Å². The van der Waals surface area contributed by atoms with Gasteiger partial charge in [0.1, 0.15) is 55.6 Å². The summed E-state index contributed by atoms with van der Waals surface area (Å²) < 4.78 is 35.3. The standard InChI is InChI=1S/C60H69N3O11Si/c1-60(2,3)74-59(68)62-51(56(65)61-32-31-55(64)72-41-45-23-15-9-16-24-45)37-49-35-47(27-29-53(49)70-39-43-19-11-7-12-20-43)48-28-30-54(71-40-44-21-13-8-14-22-44)50(36-48)38-52(57(66)69-33-34-75(4,5)6)63-58(67)73-42-46-25-17-10-18-26-46/h7-30,35-36,51-52H,31-34,37-42H2,1-6H3,(H,61,65)(H,62,68)(H,63,67)/t51-,52-/m0/s1. The van der Waals surface area contributed by atoms with Gasteiger partial charge in [-0.15, -0.1) is 0 Å². The van der Waals surface area contributed by atoms with Crippen molar-refractivity contribution >= 4 is 38.1 Å². The van der Waals surface area contributed by atoms with Gasteiger partial charge in [0, 0.05) is 27.5 Å². The van der Waals surface area contributed by atoms with Gasteiger partial charge in [0.15, 0.2) is 0 Å². The van der Waals surface area contributed by atoms with Crippen LogP contribution in [0.3, 0.4) is 0 Å². The smallest absolute Gasteiger partial charge is 0.408 e. The monoisotopic (exact) mass is 1040 g/mol. The zero-order valence-electron chi connectivity index (χ0n) is 43.7. The number of amides is 3. The minimum atomic E-state index is -1.59. The summed E-state index contributed by atoms with van der Waals surface area (Å²) >= 11 is 0. The number of esters is 2. The van der Waals surface area contributed by atoms with Crippen LogP contribution in [0.25, 0.3) is 11.1 Å². The number of rotatable bonds is 25. The third kappa shape index (κ3) is 20.1. The minimum Gasteiger partial charge on any atom is -0.489 e. The van der Waals surface area contributed by atoms with Crippen LogP contribution in [-0.4, -0.2) is 68.9 Å². The number of alkyl carbamates (subject to hydrolysis) is 2. The second-order valence-corrected chi connectivity index (χ2v) is 25.8. The summed E-state index contributed by atoms with van der Waals surface area (Å²) in [6, 6.07) is 47.4. The van der Waals surface area contributed by atoms with E-state index in [9.17, 15) is 24.0 Å². The molecule has 0 aliphatic carbocycles. The van der Waals surface area contributed by atoms with E-state index in [-0.39, 0.29) is 58.8 Å². The van der Waals surface area contributed by atoms with Crippen LogP contribution >= 0.6 is 0 Å². The molecular formula is C60H69N3O11Si. The maximum absolute atomic E-state index is 14.1. The normalized spacial score (nSPS) is 12.0. The first-order valence-electron chi connectivity index (χ1n) is 25.2. The molecule has 0 heterocycles. The minimum absolute atomic E-state index is 0.00197. The van der Waals surface area contributed by atoms with E-state index in [0.29, 0.717) is 33.8 Å². The summed E-state index contributed by atoms with van der Waals surface area (Å²) in [5.74, 6) is -0.737. The van der Waals surface area contributed by atoms with E-state index in [1.807, 2.05) is 152 Å². The maximum atomic E-state index is 14.1. The first kappa shape index (κ1) is 56.4. The van der Waals surface area contributed by atoms with Crippen LogP contribution < -0.4 is 25.4 Å². The third-order valence-corrected chi connectivity index (χ3v) is 13.2. The zero-order chi connectivity index (χ0) is 53.6. The molecule has 14 nitrogen and oxygen atoms in total. The van der Waals surface area contributed by atoms with Crippen LogP contribution in [0, 0.1) is 0 Å². The molecule has 0 aliphatic heterocycles. The predicted octanol–water partition coefficient (Wildman–Crippen LogP) is 10.9. The van der Waals surface area contributed by atoms with Gasteiger partial charge in [0.2, 0.25) is 5.91 Å².